The third-order valence-electron chi connectivity index (χ3n) is 4.94. The van der Waals surface area contributed by atoms with Crippen LogP contribution in [0.4, 0.5) is 0 Å². The molecule has 0 saturated carbocycles. The molecule has 1 N–H and O–H groups in total. The minimum atomic E-state index is -0.171. The van der Waals surface area contributed by atoms with Crippen LogP contribution in [0.1, 0.15) is 17.0 Å². The lowest BCUT2D eigenvalue weighted by Gasteiger charge is -2.17. The summed E-state index contributed by atoms with van der Waals surface area (Å²) in [7, 11) is 1.71. The molecule has 1 aromatic carbocycles. The van der Waals surface area contributed by atoms with Gasteiger partial charge in [-0.15, -0.1) is 11.3 Å². The van der Waals surface area contributed by atoms with E-state index in [1.54, 1.807) is 18.1 Å². The van der Waals surface area contributed by atoms with E-state index in [1.807, 2.05) is 34.3 Å². The lowest BCUT2D eigenvalue weighted by molar-refractivity contribution is -0.127. The van der Waals surface area contributed by atoms with Gasteiger partial charge in [0.05, 0.1) is 23.5 Å². The number of H-pyrrole nitrogens is 1. The Labute approximate surface area is 181 Å². The molecule has 0 atom stereocenters. The molecule has 0 aliphatic heterocycles. The number of thiophene rings is 1. The van der Waals surface area contributed by atoms with Gasteiger partial charge in [-0.1, -0.05) is 23.9 Å². The number of hydrogen-bond donors (Lipinski definition) is 1. The lowest BCUT2D eigenvalue weighted by atomic mass is 10.1. The van der Waals surface area contributed by atoms with Gasteiger partial charge in [-0.3, -0.25) is 14.2 Å². The predicted molar refractivity (Wildman–Crippen MR) is 120 cm³/mol. The third kappa shape index (κ3) is 4.03. The number of imidazole rings is 1. The maximum Gasteiger partial charge on any atom is 0.268 e. The highest BCUT2D eigenvalue weighted by molar-refractivity contribution is 7.99. The molecule has 0 bridgehead atoms. The molecular formula is C21H21N5O2S2. The van der Waals surface area contributed by atoms with Gasteiger partial charge in [-0.2, -0.15) is 0 Å². The number of carbonyl (C=O) groups is 1. The van der Waals surface area contributed by atoms with Crippen LogP contribution in [0, 0.1) is 13.8 Å². The standard InChI is InChI=1S/C21H21N5O2S2/c1-13-5-4-6-16(14(13)2)26-9-8-22-21(26)30-12-18(27)25(3)11-17-23-15-7-10-29-19(15)20(28)24-17/h4-10H,11-12H2,1-3H3,(H,23,24,28). The van der Waals surface area contributed by atoms with Crippen LogP contribution in [-0.2, 0) is 11.3 Å². The number of rotatable bonds is 6. The molecule has 9 heteroatoms. The summed E-state index contributed by atoms with van der Waals surface area (Å²) in [6.45, 7) is 4.40. The van der Waals surface area contributed by atoms with Gasteiger partial charge in [0.15, 0.2) is 5.16 Å². The Morgan fingerprint density at radius 3 is 2.97 bits per heavy atom. The first-order valence-corrected chi connectivity index (χ1v) is 11.2. The molecule has 0 aliphatic carbocycles. The number of aromatic amines is 1. The summed E-state index contributed by atoms with van der Waals surface area (Å²) in [6.07, 6.45) is 3.64. The predicted octanol–water partition coefficient (Wildman–Crippen LogP) is 3.54. The minimum absolute atomic E-state index is 0.0661. The number of fused-ring (bicyclic) bond motifs is 1. The normalized spacial score (nSPS) is 11.2. The second-order valence-corrected chi connectivity index (χ2v) is 8.84. The first kappa shape index (κ1) is 20.4. The van der Waals surface area contributed by atoms with Crippen LogP contribution in [0.5, 0.6) is 0 Å². The Kier molecular flexibility index (Phi) is 5.74. The highest BCUT2D eigenvalue weighted by Gasteiger charge is 2.15. The van der Waals surface area contributed by atoms with E-state index >= 15 is 0 Å². The van der Waals surface area contributed by atoms with Gasteiger partial charge < -0.3 is 9.88 Å². The molecule has 154 valence electrons. The van der Waals surface area contributed by atoms with Crippen molar-refractivity contribution in [1.82, 2.24) is 24.4 Å². The number of carbonyl (C=O) groups excluding carboxylic acids is 1. The summed E-state index contributed by atoms with van der Waals surface area (Å²) in [5, 5.41) is 2.59. The van der Waals surface area contributed by atoms with E-state index in [1.165, 1.54) is 34.2 Å². The van der Waals surface area contributed by atoms with Crippen LogP contribution >= 0.6 is 23.1 Å². The van der Waals surface area contributed by atoms with Crippen molar-refractivity contribution >= 4 is 39.2 Å². The average Bonchev–Trinajstić information content (AvgIpc) is 3.37. The van der Waals surface area contributed by atoms with Crippen LogP contribution in [0.25, 0.3) is 15.9 Å². The van der Waals surface area contributed by atoms with Crippen molar-refractivity contribution in [2.45, 2.75) is 25.5 Å². The molecule has 0 saturated heterocycles. The Morgan fingerprint density at radius 1 is 1.30 bits per heavy atom. The first-order chi connectivity index (χ1) is 14.4. The van der Waals surface area contributed by atoms with Crippen molar-refractivity contribution in [2.24, 2.45) is 0 Å². The zero-order valence-electron chi connectivity index (χ0n) is 16.9. The van der Waals surface area contributed by atoms with E-state index in [0.29, 0.717) is 16.0 Å². The topological polar surface area (TPSA) is 83.9 Å². The van der Waals surface area contributed by atoms with Gasteiger partial charge in [0, 0.05) is 19.4 Å². The molecule has 1 amide bonds. The Morgan fingerprint density at radius 2 is 2.13 bits per heavy atom. The highest BCUT2D eigenvalue weighted by Crippen LogP contribution is 2.24. The Bertz CT molecular complexity index is 1270. The number of nitrogens with one attached hydrogen (secondary N) is 1. The fourth-order valence-corrected chi connectivity index (χ4v) is 4.75. The summed E-state index contributed by atoms with van der Waals surface area (Å²) in [5.41, 5.74) is 3.93. The number of hydrogen-bond acceptors (Lipinski definition) is 6. The summed E-state index contributed by atoms with van der Waals surface area (Å²) >= 11 is 2.74. The van der Waals surface area contributed by atoms with Gasteiger partial charge >= 0.3 is 0 Å². The summed E-state index contributed by atoms with van der Waals surface area (Å²) in [4.78, 5) is 38.0. The van der Waals surface area contributed by atoms with Gasteiger partial charge in [-0.05, 0) is 42.5 Å². The number of aryl methyl sites for hydroxylation is 1. The maximum absolute atomic E-state index is 12.7. The van der Waals surface area contributed by atoms with Crippen LogP contribution in [-0.4, -0.2) is 43.1 Å². The summed E-state index contributed by atoms with van der Waals surface area (Å²) in [5.74, 6) is 0.649. The largest absolute Gasteiger partial charge is 0.338 e. The molecule has 4 rings (SSSR count). The molecule has 0 aliphatic rings. The Balaban J connectivity index is 1.44. The number of nitrogens with zero attached hydrogens (tertiary/aromatic N) is 4. The molecule has 0 spiro atoms. The van der Waals surface area contributed by atoms with Crippen LogP contribution in [0.2, 0.25) is 0 Å². The Hall–Kier alpha value is -2.91. The fraction of sp³-hybridized carbons (Fsp3) is 0.238. The van der Waals surface area contributed by atoms with Crippen molar-refractivity contribution in [3.63, 3.8) is 0 Å². The molecule has 4 aromatic rings. The van der Waals surface area contributed by atoms with Crippen molar-refractivity contribution in [1.29, 1.82) is 0 Å². The first-order valence-electron chi connectivity index (χ1n) is 9.37. The minimum Gasteiger partial charge on any atom is -0.338 e. The van der Waals surface area contributed by atoms with Gasteiger partial charge in [0.25, 0.3) is 5.56 Å². The van der Waals surface area contributed by atoms with Crippen molar-refractivity contribution in [3.05, 3.63) is 69.3 Å². The van der Waals surface area contributed by atoms with E-state index in [-0.39, 0.29) is 23.8 Å². The van der Waals surface area contributed by atoms with Gasteiger partial charge in [0.2, 0.25) is 5.91 Å². The number of aromatic nitrogens is 4. The van der Waals surface area contributed by atoms with Crippen LogP contribution in [0.3, 0.4) is 0 Å². The van der Waals surface area contributed by atoms with E-state index in [2.05, 4.69) is 34.9 Å². The molecule has 30 heavy (non-hydrogen) atoms. The molecule has 0 fully saturated rings. The van der Waals surface area contributed by atoms with E-state index in [9.17, 15) is 9.59 Å². The van der Waals surface area contributed by atoms with Crippen molar-refractivity contribution in [3.8, 4) is 5.69 Å². The maximum atomic E-state index is 12.7. The van der Waals surface area contributed by atoms with Gasteiger partial charge in [0.1, 0.15) is 10.5 Å². The third-order valence-corrected chi connectivity index (χ3v) is 6.80. The van der Waals surface area contributed by atoms with E-state index < -0.39 is 0 Å². The summed E-state index contributed by atoms with van der Waals surface area (Å²) in [6, 6.07) is 7.95. The SMILES string of the molecule is Cc1cccc(-n2ccnc2SCC(=O)N(C)Cc2nc3ccsc3c(=O)[nH]2)c1C. The lowest BCUT2D eigenvalue weighted by Crippen LogP contribution is -2.29. The zero-order chi connectivity index (χ0) is 21.3. The van der Waals surface area contributed by atoms with Crippen LogP contribution in [0.15, 0.2) is 52.0 Å². The second-order valence-electron chi connectivity index (χ2n) is 6.98. The molecule has 0 unspecified atom stereocenters. The average molecular weight is 440 g/mol. The fourth-order valence-electron chi connectivity index (χ4n) is 3.12. The zero-order valence-corrected chi connectivity index (χ0v) is 18.5. The smallest absolute Gasteiger partial charge is 0.268 e. The van der Waals surface area contributed by atoms with E-state index in [4.69, 9.17) is 0 Å². The number of benzene rings is 1. The summed E-state index contributed by atoms with van der Waals surface area (Å²) < 4.78 is 2.60. The molecule has 7 nitrogen and oxygen atoms in total. The molecule has 0 radical (unpaired) electrons. The highest BCUT2D eigenvalue weighted by atomic mass is 32.2. The molecule has 3 heterocycles. The van der Waals surface area contributed by atoms with Crippen LogP contribution < -0.4 is 5.56 Å². The number of amides is 1. The number of thioether (sulfide) groups is 1. The molecular weight excluding hydrogens is 418 g/mol. The van der Waals surface area contributed by atoms with Crippen molar-refractivity contribution in [2.75, 3.05) is 12.8 Å². The molecule has 3 aromatic heterocycles. The van der Waals surface area contributed by atoms with E-state index in [0.717, 1.165) is 10.8 Å². The quantitative estimate of drug-likeness (QED) is 0.465. The second kappa shape index (κ2) is 8.45. The monoisotopic (exact) mass is 439 g/mol. The van der Waals surface area contributed by atoms with Gasteiger partial charge in [-0.25, -0.2) is 9.97 Å². The van der Waals surface area contributed by atoms with Crippen molar-refractivity contribution < 1.29 is 4.79 Å².